The molecule has 0 unspecified atom stereocenters. The summed E-state index contributed by atoms with van der Waals surface area (Å²) < 4.78 is 0. The van der Waals surface area contributed by atoms with Crippen molar-refractivity contribution in [3.8, 4) is 0 Å². The highest BCUT2D eigenvalue weighted by atomic mass is 35.5. The molecule has 3 nitrogen and oxygen atoms in total. The zero-order chi connectivity index (χ0) is 12.1. The van der Waals surface area contributed by atoms with Crippen LogP contribution in [0.1, 0.15) is 25.3 Å². The topological polar surface area (TPSA) is 55.1 Å². The summed E-state index contributed by atoms with van der Waals surface area (Å²) in [6.45, 7) is 3.94. The Morgan fingerprint density at radius 2 is 2.25 bits per heavy atom. The molecule has 4 heteroatoms. The van der Waals surface area contributed by atoms with Crippen molar-refractivity contribution in [1.29, 1.82) is 0 Å². The molecule has 0 bridgehead atoms. The summed E-state index contributed by atoms with van der Waals surface area (Å²) in [4.78, 5) is 11.7. The molecule has 0 fully saturated rings. The monoisotopic (exact) mass is 240 g/mol. The first-order valence-electron chi connectivity index (χ1n) is 5.37. The molecule has 0 aliphatic carbocycles. The molecule has 0 spiro atoms. The maximum Gasteiger partial charge on any atom is 0.241 e. The molecule has 3 N–H and O–H groups in total. The van der Waals surface area contributed by atoms with E-state index in [0.717, 1.165) is 12.0 Å². The molecule has 1 rings (SSSR count). The zero-order valence-electron chi connectivity index (χ0n) is 9.59. The number of rotatable bonds is 4. The number of nitrogens with two attached hydrogens (primary N) is 1. The summed E-state index contributed by atoms with van der Waals surface area (Å²) in [5.74, 6) is -0.186. The summed E-state index contributed by atoms with van der Waals surface area (Å²) >= 11 is 5.97. The number of benzene rings is 1. The number of hydrogen-bond acceptors (Lipinski definition) is 2. The quantitative estimate of drug-likeness (QED) is 0.850. The Morgan fingerprint density at radius 1 is 1.56 bits per heavy atom. The first kappa shape index (κ1) is 13.0. The van der Waals surface area contributed by atoms with E-state index < -0.39 is 6.04 Å². The lowest BCUT2D eigenvalue weighted by atomic mass is 10.1. The van der Waals surface area contributed by atoms with Crippen LogP contribution in [-0.2, 0) is 4.79 Å². The Bertz CT molecular complexity index is 379. The van der Waals surface area contributed by atoms with Crippen LogP contribution in [0.15, 0.2) is 18.2 Å². The van der Waals surface area contributed by atoms with Gasteiger partial charge in [-0.05, 0) is 31.0 Å². The van der Waals surface area contributed by atoms with E-state index in [9.17, 15) is 4.79 Å². The van der Waals surface area contributed by atoms with E-state index in [1.807, 2.05) is 26.0 Å². The van der Waals surface area contributed by atoms with Crippen LogP contribution in [0.5, 0.6) is 0 Å². The van der Waals surface area contributed by atoms with E-state index in [4.69, 9.17) is 17.3 Å². The lowest BCUT2D eigenvalue weighted by molar-refractivity contribution is -0.117. The molecular weight excluding hydrogens is 224 g/mol. The van der Waals surface area contributed by atoms with Gasteiger partial charge in [0.05, 0.1) is 16.8 Å². The summed E-state index contributed by atoms with van der Waals surface area (Å²) in [6.07, 6.45) is 1.56. The molecule has 0 saturated carbocycles. The van der Waals surface area contributed by atoms with Gasteiger partial charge >= 0.3 is 0 Å². The normalized spacial score (nSPS) is 12.2. The van der Waals surface area contributed by atoms with Crippen molar-refractivity contribution in [2.45, 2.75) is 32.7 Å². The first-order valence-corrected chi connectivity index (χ1v) is 5.75. The zero-order valence-corrected chi connectivity index (χ0v) is 10.3. The maximum absolute atomic E-state index is 11.7. The number of hydrogen-bond donors (Lipinski definition) is 2. The highest BCUT2D eigenvalue weighted by Gasteiger charge is 2.13. The molecule has 1 aromatic carbocycles. The maximum atomic E-state index is 11.7. The van der Waals surface area contributed by atoms with Crippen LogP contribution in [0.4, 0.5) is 5.69 Å². The molecule has 16 heavy (non-hydrogen) atoms. The number of anilines is 1. The fraction of sp³-hybridized carbons (Fsp3) is 0.417. The molecule has 0 aliphatic heterocycles. The second-order valence-corrected chi connectivity index (χ2v) is 4.27. The van der Waals surface area contributed by atoms with Gasteiger partial charge in [-0.3, -0.25) is 4.79 Å². The Morgan fingerprint density at radius 3 is 2.88 bits per heavy atom. The summed E-state index contributed by atoms with van der Waals surface area (Å²) in [7, 11) is 0. The van der Waals surface area contributed by atoms with Crippen molar-refractivity contribution in [3.63, 3.8) is 0 Å². The molecule has 0 aliphatic rings. The van der Waals surface area contributed by atoms with E-state index >= 15 is 0 Å². The van der Waals surface area contributed by atoms with Crippen molar-refractivity contribution in [3.05, 3.63) is 28.8 Å². The predicted octanol–water partition coefficient (Wildman–Crippen LogP) is 2.71. The van der Waals surface area contributed by atoms with Gasteiger partial charge in [0.2, 0.25) is 5.91 Å². The van der Waals surface area contributed by atoms with Crippen LogP contribution in [0.2, 0.25) is 5.02 Å². The van der Waals surface area contributed by atoms with Crippen molar-refractivity contribution in [2.24, 2.45) is 5.73 Å². The number of halogens is 1. The van der Waals surface area contributed by atoms with Gasteiger partial charge in [0, 0.05) is 0 Å². The Labute approximate surface area is 101 Å². The Balaban J connectivity index is 2.72. The van der Waals surface area contributed by atoms with Crippen LogP contribution < -0.4 is 11.1 Å². The Kier molecular flexibility index (Phi) is 4.77. The standard InChI is InChI=1S/C12H17ClN2O/c1-3-4-10(14)12(16)15-11-7-8(2)5-6-9(11)13/h5-7,10H,3-4,14H2,1-2H3,(H,15,16)/t10-/m1/s1. The molecule has 1 atom stereocenters. The van der Waals surface area contributed by atoms with E-state index in [1.54, 1.807) is 6.07 Å². The second kappa shape index (κ2) is 5.87. The third-order valence-electron chi connectivity index (χ3n) is 2.32. The van der Waals surface area contributed by atoms with Gasteiger partial charge in [0.25, 0.3) is 0 Å². The van der Waals surface area contributed by atoms with Crippen LogP contribution in [0.3, 0.4) is 0 Å². The number of amides is 1. The fourth-order valence-electron chi connectivity index (χ4n) is 1.40. The van der Waals surface area contributed by atoms with Crippen LogP contribution in [-0.4, -0.2) is 11.9 Å². The van der Waals surface area contributed by atoms with Gasteiger partial charge in [-0.25, -0.2) is 0 Å². The SMILES string of the molecule is CCC[C@@H](N)C(=O)Nc1cc(C)ccc1Cl. The largest absolute Gasteiger partial charge is 0.323 e. The predicted molar refractivity (Wildman–Crippen MR) is 67.7 cm³/mol. The van der Waals surface area contributed by atoms with Gasteiger partial charge < -0.3 is 11.1 Å². The molecular formula is C12H17ClN2O. The number of carbonyl (C=O) groups excluding carboxylic acids is 1. The number of aryl methyl sites for hydroxylation is 1. The minimum absolute atomic E-state index is 0.186. The average molecular weight is 241 g/mol. The lowest BCUT2D eigenvalue weighted by Crippen LogP contribution is -2.35. The van der Waals surface area contributed by atoms with Crippen molar-refractivity contribution >= 4 is 23.2 Å². The summed E-state index contributed by atoms with van der Waals surface area (Å²) in [5, 5.41) is 3.27. The number of carbonyl (C=O) groups is 1. The summed E-state index contributed by atoms with van der Waals surface area (Å²) in [6, 6.07) is 5.02. The van der Waals surface area contributed by atoms with Crippen molar-refractivity contribution < 1.29 is 4.79 Å². The third kappa shape index (κ3) is 3.51. The molecule has 1 aromatic rings. The van der Waals surface area contributed by atoms with Crippen molar-refractivity contribution in [1.82, 2.24) is 0 Å². The van der Waals surface area contributed by atoms with Crippen molar-refractivity contribution in [2.75, 3.05) is 5.32 Å². The average Bonchev–Trinajstić information content (AvgIpc) is 2.23. The number of nitrogens with one attached hydrogen (secondary N) is 1. The van der Waals surface area contributed by atoms with E-state index in [-0.39, 0.29) is 5.91 Å². The third-order valence-corrected chi connectivity index (χ3v) is 2.65. The van der Waals surface area contributed by atoms with Crippen LogP contribution in [0, 0.1) is 6.92 Å². The molecule has 0 saturated heterocycles. The highest BCUT2D eigenvalue weighted by molar-refractivity contribution is 6.33. The minimum atomic E-state index is -0.471. The fourth-order valence-corrected chi connectivity index (χ4v) is 1.57. The minimum Gasteiger partial charge on any atom is -0.323 e. The van der Waals surface area contributed by atoms with Gasteiger partial charge in [0.1, 0.15) is 0 Å². The Hall–Kier alpha value is -1.06. The molecule has 0 heterocycles. The summed E-state index contributed by atoms with van der Waals surface area (Å²) in [5.41, 5.74) is 7.38. The first-order chi connectivity index (χ1) is 7.54. The van der Waals surface area contributed by atoms with Gasteiger partial charge in [0.15, 0.2) is 0 Å². The van der Waals surface area contributed by atoms with E-state index in [1.165, 1.54) is 0 Å². The van der Waals surface area contributed by atoms with E-state index in [2.05, 4.69) is 5.32 Å². The van der Waals surface area contributed by atoms with E-state index in [0.29, 0.717) is 17.1 Å². The van der Waals surface area contributed by atoms with Crippen LogP contribution in [0.25, 0.3) is 0 Å². The highest BCUT2D eigenvalue weighted by Crippen LogP contribution is 2.22. The van der Waals surface area contributed by atoms with Gasteiger partial charge in [-0.15, -0.1) is 0 Å². The second-order valence-electron chi connectivity index (χ2n) is 3.87. The lowest BCUT2D eigenvalue weighted by Gasteiger charge is -2.12. The van der Waals surface area contributed by atoms with Gasteiger partial charge in [-0.1, -0.05) is 31.0 Å². The van der Waals surface area contributed by atoms with Crippen LogP contribution >= 0.6 is 11.6 Å². The molecule has 0 radical (unpaired) electrons. The van der Waals surface area contributed by atoms with Gasteiger partial charge in [-0.2, -0.15) is 0 Å². The smallest absolute Gasteiger partial charge is 0.241 e. The molecule has 0 aromatic heterocycles. The molecule has 88 valence electrons. The molecule has 1 amide bonds.